The van der Waals surface area contributed by atoms with E-state index in [0.29, 0.717) is 18.5 Å². The maximum absolute atomic E-state index is 12.2. The minimum Gasteiger partial charge on any atom is -0.296 e. The Hall–Kier alpha value is -0.330. The van der Waals surface area contributed by atoms with E-state index in [1.54, 1.807) is 4.31 Å². The van der Waals surface area contributed by atoms with Crippen LogP contribution in [0.2, 0.25) is 5.02 Å². The van der Waals surface area contributed by atoms with Crippen molar-refractivity contribution in [1.82, 2.24) is 9.21 Å². The van der Waals surface area contributed by atoms with Crippen LogP contribution in [0.1, 0.15) is 36.4 Å². The Morgan fingerprint density at radius 1 is 1.25 bits per heavy atom. The van der Waals surface area contributed by atoms with Gasteiger partial charge in [-0.2, -0.15) is 4.31 Å². The molecule has 0 unspecified atom stereocenters. The molecule has 0 N–H and O–H groups in total. The first kappa shape index (κ1) is 18.5. The van der Waals surface area contributed by atoms with E-state index in [-0.39, 0.29) is 18.4 Å². The highest BCUT2D eigenvalue weighted by atomic mass is 35.5. The summed E-state index contributed by atoms with van der Waals surface area (Å²) >= 11 is 6.14. The number of rotatable bonds is 1. The third-order valence-electron chi connectivity index (χ3n) is 5.80. The first-order valence-electron chi connectivity index (χ1n) is 8.42. The molecule has 24 heavy (non-hydrogen) atoms. The van der Waals surface area contributed by atoms with Crippen LogP contribution >= 0.6 is 24.0 Å². The summed E-state index contributed by atoms with van der Waals surface area (Å²) in [5.74, 6) is 0.476. The Morgan fingerprint density at radius 3 is 2.79 bits per heavy atom. The monoisotopic (exact) mass is 390 g/mol. The molecule has 3 atom stereocenters. The number of hydrogen-bond donors (Lipinski definition) is 0. The van der Waals surface area contributed by atoms with E-state index < -0.39 is 10.0 Å². The highest BCUT2D eigenvalue weighted by molar-refractivity contribution is 7.88. The molecule has 2 fully saturated rings. The van der Waals surface area contributed by atoms with Gasteiger partial charge in [-0.1, -0.05) is 17.7 Å². The molecule has 3 heterocycles. The predicted molar refractivity (Wildman–Crippen MR) is 99.4 cm³/mol. The zero-order valence-corrected chi connectivity index (χ0v) is 16.2. The molecule has 3 aliphatic rings. The van der Waals surface area contributed by atoms with Gasteiger partial charge in [0.25, 0.3) is 0 Å². The molecular weight excluding hydrogens is 367 g/mol. The Balaban J connectivity index is 0.00000169. The maximum Gasteiger partial charge on any atom is 0.211 e. The van der Waals surface area contributed by atoms with E-state index in [9.17, 15) is 8.42 Å². The van der Waals surface area contributed by atoms with Crippen molar-refractivity contribution in [1.29, 1.82) is 0 Å². The van der Waals surface area contributed by atoms with Crippen LogP contribution in [0, 0.1) is 5.92 Å². The van der Waals surface area contributed by atoms with Gasteiger partial charge < -0.3 is 0 Å². The third-order valence-corrected chi connectivity index (χ3v) is 7.34. The van der Waals surface area contributed by atoms with Crippen molar-refractivity contribution in [2.24, 2.45) is 5.92 Å². The summed E-state index contributed by atoms with van der Waals surface area (Å²) in [6.07, 6.45) is 5.44. The second kappa shape index (κ2) is 6.76. The van der Waals surface area contributed by atoms with Gasteiger partial charge in [-0.3, -0.25) is 4.90 Å². The SMILES string of the molecule is CS(=O)(=O)N1CCC[C@@H]2CN3CCc4cc(Cl)ccc4[C@@H]3C[C@@H]21.Cl. The molecule has 0 aliphatic carbocycles. The van der Waals surface area contributed by atoms with Gasteiger partial charge in [0.1, 0.15) is 0 Å². The van der Waals surface area contributed by atoms with Crippen molar-refractivity contribution in [3.63, 3.8) is 0 Å². The van der Waals surface area contributed by atoms with Gasteiger partial charge in [-0.15, -0.1) is 12.4 Å². The summed E-state index contributed by atoms with van der Waals surface area (Å²) in [6.45, 7) is 2.75. The molecular formula is C17H24Cl2N2O2S. The highest BCUT2D eigenvalue weighted by Crippen LogP contribution is 2.43. The first-order valence-corrected chi connectivity index (χ1v) is 10.7. The van der Waals surface area contributed by atoms with E-state index >= 15 is 0 Å². The highest BCUT2D eigenvalue weighted by Gasteiger charge is 2.44. The topological polar surface area (TPSA) is 40.6 Å². The van der Waals surface area contributed by atoms with Gasteiger partial charge in [0, 0.05) is 36.7 Å². The van der Waals surface area contributed by atoms with Crippen LogP contribution in [-0.4, -0.2) is 49.6 Å². The van der Waals surface area contributed by atoms with E-state index in [2.05, 4.69) is 17.0 Å². The lowest BCUT2D eigenvalue weighted by molar-refractivity contribution is 0.0222. The lowest BCUT2D eigenvalue weighted by Gasteiger charge is -2.51. The quantitative estimate of drug-likeness (QED) is 0.739. The normalized spacial score (nSPS) is 30.7. The second-order valence-corrected chi connectivity index (χ2v) is 9.55. The summed E-state index contributed by atoms with van der Waals surface area (Å²) in [5.41, 5.74) is 2.68. The molecule has 7 heteroatoms. The van der Waals surface area contributed by atoms with Gasteiger partial charge in [-0.25, -0.2) is 8.42 Å². The van der Waals surface area contributed by atoms with Crippen molar-refractivity contribution in [3.8, 4) is 0 Å². The zero-order valence-electron chi connectivity index (χ0n) is 13.8. The van der Waals surface area contributed by atoms with Crippen molar-refractivity contribution >= 4 is 34.0 Å². The molecule has 0 aromatic heterocycles. The van der Waals surface area contributed by atoms with Crippen LogP contribution in [0.25, 0.3) is 0 Å². The molecule has 0 bridgehead atoms. The lowest BCUT2D eigenvalue weighted by atomic mass is 9.77. The van der Waals surface area contributed by atoms with Crippen LogP contribution < -0.4 is 0 Å². The van der Waals surface area contributed by atoms with Gasteiger partial charge in [0.15, 0.2) is 0 Å². The molecule has 0 spiro atoms. The molecule has 134 valence electrons. The zero-order chi connectivity index (χ0) is 16.2. The summed E-state index contributed by atoms with van der Waals surface area (Å²) in [5, 5.41) is 0.793. The van der Waals surface area contributed by atoms with E-state index in [1.165, 1.54) is 17.4 Å². The molecule has 0 saturated carbocycles. The van der Waals surface area contributed by atoms with Crippen molar-refractivity contribution in [3.05, 3.63) is 34.3 Å². The molecule has 1 aromatic carbocycles. The molecule has 0 radical (unpaired) electrons. The summed E-state index contributed by atoms with van der Waals surface area (Å²) in [6, 6.07) is 6.67. The van der Waals surface area contributed by atoms with Crippen LogP contribution in [0.4, 0.5) is 0 Å². The Labute approximate surface area is 155 Å². The molecule has 0 amide bonds. The number of halogens is 2. The number of fused-ring (bicyclic) bond motifs is 4. The van der Waals surface area contributed by atoms with Gasteiger partial charge >= 0.3 is 0 Å². The van der Waals surface area contributed by atoms with Gasteiger partial charge in [-0.05, 0) is 54.9 Å². The minimum atomic E-state index is -3.12. The fourth-order valence-corrected chi connectivity index (χ4v) is 6.20. The fourth-order valence-electron chi connectivity index (χ4n) is 4.79. The molecule has 1 aromatic rings. The van der Waals surface area contributed by atoms with Crippen LogP contribution in [0.15, 0.2) is 18.2 Å². The summed E-state index contributed by atoms with van der Waals surface area (Å²) < 4.78 is 26.1. The van der Waals surface area contributed by atoms with Crippen LogP contribution in [0.3, 0.4) is 0 Å². The minimum absolute atomic E-state index is 0. The third kappa shape index (κ3) is 3.21. The van der Waals surface area contributed by atoms with Crippen molar-refractivity contribution in [2.45, 2.75) is 37.8 Å². The maximum atomic E-state index is 12.2. The molecule has 4 nitrogen and oxygen atoms in total. The molecule has 4 rings (SSSR count). The smallest absolute Gasteiger partial charge is 0.211 e. The number of piperidine rings is 2. The van der Waals surface area contributed by atoms with Crippen molar-refractivity contribution in [2.75, 3.05) is 25.9 Å². The Bertz CT molecular complexity index is 725. The fraction of sp³-hybridized carbons (Fsp3) is 0.647. The standard InChI is InChI=1S/C17H23ClN2O2S.ClH/c1-23(21,22)20-7-2-3-13-11-19-8-6-12-9-14(18)4-5-15(12)17(19)10-16(13)20;/h4-5,9,13,16-17H,2-3,6-8,10-11H2,1H3;1H/t13-,16+,17+;/m1./s1. The number of hydrogen-bond acceptors (Lipinski definition) is 3. The number of benzene rings is 1. The second-order valence-electron chi connectivity index (χ2n) is 7.18. The van der Waals surface area contributed by atoms with Gasteiger partial charge in [0.2, 0.25) is 10.0 Å². The van der Waals surface area contributed by atoms with Gasteiger partial charge in [0.05, 0.1) is 6.26 Å². The summed E-state index contributed by atoms with van der Waals surface area (Å²) in [7, 11) is -3.12. The predicted octanol–water partition coefficient (Wildman–Crippen LogP) is 3.10. The Kier molecular flexibility index (Phi) is 5.20. The van der Waals surface area contributed by atoms with Crippen molar-refractivity contribution < 1.29 is 8.42 Å². The van der Waals surface area contributed by atoms with E-state index in [1.807, 2.05) is 6.07 Å². The largest absolute Gasteiger partial charge is 0.296 e. The molecule has 2 saturated heterocycles. The number of nitrogens with zero attached hydrogens (tertiary/aromatic N) is 2. The number of sulfonamides is 1. The van der Waals surface area contributed by atoms with Crippen LogP contribution in [-0.2, 0) is 16.4 Å². The Morgan fingerprint density at radius 2 is 2.04 bits per heavy atom. The van der Waals surface area contributed by atoms with Crippen LogP contribution in [0.5, 0.6) is 0 Å². The average molecular weight is 391 g/mol. The van der Waals surface area contributed by atoms with E-state index in [4.69, 9.17) is 11.6 Å². The average Bonchev–Trinajstić information content (AvgIpc) is 2.51. The lowest BCUT2D eigenvalue weighted by Crippen LogP contribution is -2.57. The summed E-state index contributed by atoms with van der Waals surface area (Å²) in [4.78, 5) is 2.56. The molecule has 3 aliphatic heterocycles. The van der Waals surface area contributed by atoms with E-state index in [0.717, 1.165) is 43.8 Å². The first-order chi connectivity index (χ1) is 10.9.